The van der Waals surface area contributed by atoms with Crippen LogP contribution in [-0.2, 0) is 9.53 Å². The van der Waals surface area contributed by atoms with E-state index in [1.807, 2.05) is 0 Å². The van der Waals surface area contributed by atoms with Gasteiger partial charge < -0.3 is 10.1 Å². The van der Waals surface area contributed by atoms with Gasteiger partial charge in [-0.1, -0.05) is 6.07 Å². The Morgan fingerprint density at radius 1 is 1.46 bits per heavy atom. The monoisotopic (exact) mass is 329 g/mol. The Kier molecular flexibility index (Phi) is 4.41. The molecular formula is C17H16FN3O3. The number of ether oxygens (including phenoxy) is 1. The lowest BCUT2D eigenvalue weighted by atomic mass is 10.1. The first-order valence-corrected chi connectivity index (χ1v) is 7.47. The highest BCUT2D eigenvalue weighted by Gasteiger charge is 2.32. The average Bonchev–Trinajstić information content (AvgIpc) is 2.94. The van der Waals surface area contributed by atoms with Crippen molar-refractivity contribution < 1.29 is 18.7 Å². The topological polar surface area (TPSA) is 71.5 Å². The second-order valence-corrected chi connectivity index (χ2v) is 5.46. The summed E-state index contributed by atoms with van der Waals surface area (Å²) in [5.41, 5.74) is 1.48. The molecule has 2 amide bonds. The molecule has 24 heavy (non-hydrogen) atoms. The van der Waals surface area contributed by atoms with Gasteiger partial charge in [0.25, 0.3) is 0 Å². The molecule has 1 N–H and O–H groups in total. The van der Waals surface area contributed by atoms with Crippen LogP contribution in [0.3, 0.4) is 0 Å². The van der Waals surface area contributed by atoms with Gasteiger partial charge in [-0.2, -0.15) is 0 Å². The number of amides is 2. The van der Waals surface area contributed by atoms with Crippen LogP contribution in [0.1, 0.15) is 6.92 Å². The van der Waals surface area contributed by atoms with Crippen molar-refractivity contribution in [1.29, 1.82) is 0 Å². The molecule has 3 rings (SSSR count). The van der Waals surface area contributed by atoms with Gasteiger partial charge in [-0.3, -0.25) is 14.7 Å². The molecule has 1 aromatic heterocycles. The SMILES string of the molecule is CC(=O)NC[C@H]1CN(c2ccc(-c3cccnc3)c(F)c2)C(=O)O1. The molecule has 0 unspecified atom stereocenters. The molecule has 1 atom stereocenters. The highest BCUT2D eigenvalue weighted by Crippen LogP contribution is 2.28. The molecule has 2 aromatic rings. The largest absolute Gasteiger partial charge is 0.442 e. The number of cyclic esters (lactones) is 1. The lowest BCUT2D eigenvalue weighted by molar-refractivity contribution is -0.119. The minimum atomic E-state index is -0.557. The third-order valence-corrected chi connectivity index (χ3v) is 3.69. The van der Waals surface area contributed by atoms with Crippen molar-refractivity contribution in [2.24, 2.45) is 0 Å². The predicted octanol–water partition coefficient (Wildman–Crippen LogP) is 2.35. The van der Waals surface area contributed by atoms with Crippen LogP contribution in [0.4, 0.5) is 14.9 Å². The predicted molar refractivity (Wildman–Crippen MR) is 85.9 cm³/mol. The number of anilines is 1. The maximum Gasteiger partial charge on any atom is 0.414 e. The lowest BCUT2D eigenvalue weighted by Gasteiger charge is -2.14. The van der Waals surface area contributed by atoms with E-state index in [0.717, 1.165) is 0 Å². The molecule has 1 aliphatic rings. The number of nitrogens with zero attached hydrogens (tertiary/aromatic N) is 2. The zero-order valence-electron chi connectivity index (χ0n) is 13.0. The van der Waals surface area contributed by atoms with Crippen molar-refractivity contribution in [3.05, 3.63) is 48.5 Å². The second kappa shape index (κ2) is 6.66. The smallest absolute Gasteiger partial charge is 0.414 e. The quantitative estimate of drug-likeness (QED) is 0.935. The standard InChI is InChI=1S/C17H16FN3O3/c1-11(22)20-9-14-10-21(17(23)24-14)13-4-5-15(16(18)7-13)12-3-2-6-19-8-12/h2-8,14H,9-10H2,1H3,(H,20,22)/t14-/m0/s1. The van der Waals surface area contributed by atoms with Crippen LogP contribution < -0.4 is 10.2 Å². The maximum atomic E-state index is 14.4. The summed E-state index contributed by atoms with van der Waals surface area (Å²) in [5, 5.41) is 2.60. The Hall–Kier alpha value is -2.96. The van der Waals surface area contributed by atoms with Gasteiger partial charge in [0.1, 0.15) is 11.9 Å². The lowest BCUT2D eigenvalue weighted by Crippen LogP contribution is -2.33. The first-order chi connectivity index (χ1) is 11.5. The third kappa shape index (κ3) is 3.34. The van der Waals surface area contributed by atoms with Crippen LogP contribution in [0, 0.1) is 5.82 Å². The van der Waals surface area contributed by atoms with Gasteiger partial charge in [-0.15, -0.1) is 0 Å². The molecule has 7 heteroatoms. The fourth-order valence-corrected chi connectivity index (χ4v) is 2.52. The van der Waals surface area contributed by atoms with E-state index in [2.05, 4.69) is 10.3 Å². The number of hydrogen-bond donors (Lipinski definition) is 1. The number of benzene rings is 1. The van der Waals surface area contributed by atoms with Gasteiger partial charge >= 0.3 is 6.09 Å². The van der Waals surface area contributed by atoms with E-state index in [1.54, 1.807) is 36.7 Å². The molecule has 0 bridgehead atoms. The molecule has 0 aliphatic carbocycles. The van der Waals surface area contributed by atoms with Crippen LogP contribution in [0.5, 0.6) is 0 Å². The van der Waals surface area contributed by atoms with Gasteiger partial charge in [0, 0.05) is 30.4 Å². The molecule has 0 spiro atoms. The summed E-state index contributed by atoms with van der Waals surface area (Å²) >= 11 is 0. The summed E-state index contributed by atoms with van der Waals surface area (Å²) in [4.78, 5) is 28.2. The van der Waals surface area contributed by atoms with E-state index >= 15 is 0 Å². The van der Waals surface area contributed by atoms with Crippen molar-refractivity contribution >= 4 is 17.7 Å². The molecule has 6 nitrogen and oxygen atoms in total. The Morgan fingerprint density at radius 3 is 2.96 bits per heavy atom. The molecule has 1 aliphatic heterocycles. The number of carbonyl (C=O) groups excluding carboxylic acids is 2. The number of nitrogens with one attached hydrogen (secondary N) is 1. The minimum Gasteiger partial charge on any atom is -0.442 e. The van der Waals surface area contributed by atoms with Crippen LogP contribution >= 0.6 is 0 Å². The summed E-state index contributed by atoms with van der Waals surface area (Å²) in [7, 11) is 0. The zero-order chi connectivity index (χ0) is 17.1. The zero-order valence-corrected chi connectivity index (χ0v) is 13.0. The molecule has 2 heterocycles. The van der Waals surface area contributed by atoms with Crippen molar-refractivity contribution in [2.75, 3.05) is 18.0 Å². The van der Waals surface area contributed by atoms with Gasteiger partial charge in [-0.05, 0) is 24.3 Å². The number of aromatic nitrogens is 1. The summed E-state index contributed by atoms with van der Waals surface area (Å²) in [6.07, 6.45) is 2.18. The van der Waals surface area contributed by atoms with Crippen LogP contribution in [0.15, 0.2) is 42.7 Å². The number of pyridine rings is 1. The van der Waals surface area contributed by atoms with Crippen LogP contribution in [-0.4, -0.2) is 36.2 Å². The number of halogens is 1. The van der Waals surface area contributed by atoms with Crippen LogP contribution in [0.2, 0.25) is 0 Å². The maximum absolute atomic E-state index is 14.4. The summed E-state index contributed by atoms with van der Waals surface area (Å²) in [6.45, 7) is 1.87. The third-order valence-electron chi connectivity index (χ3n) is 3.69. The van der Waals surface area contributed by atoms with Crippen molar-refractivity contribution in [3.8, 4) is 11.1 Å². The molecule has 1 aromatic carbocycles. The van der Waals surface area contributed by atoms with Gasteiger partial charge in [-0.25, -0.2) is 9.18 Å². The highest BCUT2D eigenvalue weighted by molar-refractivity contribution is 5.90. The van der Waals surface area contributed by atoms with Crippen molar-refractivity contribution in [2.45, 2.75) is 13.0 Å². The number of hydrogen-bond acceptors (Lipinski definition) is 4. The van der Waals surface area contributed by atoms with Crippen LogP contribution in [0.25, 0.3) is 11.1 Å². The summed E-state index contributed by atoms with van der Waals surface area (Å²) in [6, 6.07) is 8.06. The van der Waals surface area contributed by atoms with Crippen molar-refractivity contribution in [3.63, 3.8) is 0 Å². The summed E-state index contributed by atoms with van der Waals surface area (Å²) < 4.78 is 19.6. The van der Waals surface area contributed by atoms with E-state index in [1.165, 1.54) is 17.9 Å². The Bertz CT molecular complexity index is 767. The molecule has 1 fully saturated rings. The van der Waals surface area contributed by atoms with Gasteiger partial charge in [0.15, 0.2) is 0 Å². The molecule has 0 radical (unpaired) electrons. The van der Waals surface area contributed by atoms with E-state index in [9.17, 15) is 14.0 Å². The minimum absolute atomic E-state index is 0.198. The van der Waals surface area contributed by atoms with E-state index in [0.29, 0.717) is 16.8 Å². The number of carbonyl (C=O) groups is 2. The Balaban J connectivity index is 1.77. The van der Waals surface area contributed by atoms with Crippen molar-refractivity contribution in [1.82, 2.24) is 10.3 Å². The molecule has 0 saturated carbocycles. The van der Waals surface area contributed by atoms with Gasteiger partial charge in [0.05, 0.1) is 18.8 Å². The first-order valence-electron chi connectivity index (χ1n) is 7.47. The molecule has 1 saturated heterocycles. The molecular weight excluding hydrogens is 313 g/mol. The van der Waals surface area contributed by atoms with E-state index in [-0.39, 0.29) is 19.0 Å². The average molecular weight is 329 g/mol. The normalized spacial score (nSPS) is 16.8. The fourth-order valence-electron chi connectivity index (χ4n) is 2.52. The van der Waals surface area contributed by atoms with E-state index < -0.39 is 18.0 Å². The first kappa shape index (κ1) is 15.9. The number of rotatable bonds is 4. The van der Waals surface area contributed by atoms with Gasteiger partial charge in [0.2, 0.25) is 5.91 Å². The summed E-state index contributed by atoms with van der Waals surface area (Å²) in [5.74, 6) is -0.644. The Morgan fingerprint density at radius 2 is 2.29 bits per heavy atom. The highest BCUT2D eigenvalue weighted by atomic mass is 19.1. The second-order valence-electron chi connectivity index (χ2n) is 5.46. The fraction of sp³-hybridized carbons (Fsp3) is 0.235. The molecule has 124 valence electrons. The Labute approximate surface area is 138 Å². The van der Waals surface area contributed by atoms with E-state index in [4.69, 9.17) is 4.74 Å².